The molecule has 0 saturated carbocycles. The largest absolute Gasteiger partial charge is 0.326 e. The number of hydrogen-bond donors (Lipinski definition) is 1. The summed E-state index contributed by atoms with van der Waals surface area (Å²) in [4.78, 5) is 5.41. The molecule has 0 bridgehead atoms. The Kier molecular flexibility index (Phi) is 3.99. The van der Waals surface area contributed by atoms with Gasteiger partial charge < -0.3 is 5.73 Å². The van der Waals surface area contributed by atoms with Gasteiger partial charge in [0.15, 0.2) is 0 Å². The fourth-order valence-electron chi connectivity index (χ4n) is 1.78. The molecule has 0 atom stereocenters. The van der Waals surface area contributed by atoms with Crippen molar-refractivity contribution in [1.82, 2.24) is 4.98 Å². The highest BCUT2D eigenvalue weighted by Crippen LogP contribution is 2.30. The van der Waals surface area contributed by atoms with E-state index in [2.05, 4.69) is 4.98 Å². The molecule has 94 valence electrons. The third-order valence-corrected chi connectivity index (χ3v) is 3.57. The SMILES string of the molecule is Cc1cc(C)nc(Sc2ccc(F)cc2CN)c1. The molecule has 0 unspecified atom stereocenters. The van der Waals surface area contributed by atoms with Crippen LogP contribution < -0.4 is 5.73 Å². The zero-order chi connectivity index (χ0) is 13.1. The van der Waals surface area contributed by atoms with Crippen LogP contribution in [0.1, 0.15) is 16.8 Å². The highest BCUT2D eigenvalue weighted by atomic mass is 32.2. The van der Waals surface area contributed by atoms with E-state index in [1.165, 1.54) is 29.5 Å². The van der Waals surface area contributed by atoms with Gasteiger partial charge in [0.1, 0.15) is 10.8 Å². The molecule has 18 heavy (non-hydrogen) atoms. The first kappa shape index (κ1) is 13.1. The molecule has 0 saturated heterocycles. The van der Waals surface area contributed by atoms with E-state index in [-0.39, 0.29) is 5.82 Å². The highest BCUT2D eigenvalue weighted by Gasteiger charge is 2.06. The molecule has 2 rings (SSSR count). The van der Waals surface area contributed by atoms with Crippen LogP contribution in [0.25, 0.3) is 0 Å². The van der Waals surface area contributed by atoms with Crippen LogP contribution in [0.4, 0.5) is 4.39 Å². The van der Waals surface area contributed by atoms with E-state index in [4.69, 9.17) is 5.73 Å². The molecule has 0 spiro atoms. The molecule has 0 fully saturated rings. The Morgan fingerprint density at radius 1 is 1.22 bits per heavy atom. The monoisotopic (exact) mass is 262 g/mol. The van der Waals surface area contributed by atoms with E-state index in [0.717, 1.165) is 21.2 Å². The summed E-state index contributed by atoms with van der Waals surface area (Å²) in [5.41, 5.74) is 8.59. The Morgan fingerprint density at radius 2 is 2.00 bits per heavy atom. The third kappa shape index (κ3) is 3.09. The van der Waals surface area contributed by atoms with E-state index >= 15 is 0 Å². The summed E-state index contributed by atoms with van der Waals surface area (Å²) in [5.74, 6) is -0.256. The fourth-order valence-corrected chi connectivity index (χ4v) is 2.85. The average Bonchev–Trinajstić information content (AvgIpc) is 2.30. The van der Waals surface area contributed by atoms with Gasteiger partial charge >= 0.3 is 0 Å². The molecule has 0 aliphatic carbocycles. The highest BCUT2D eigenvalue weighted by molar-refractivity contribution is 7.99. The number of hydrogen-bond acceptors (Lipinski definition) is 3. The Bertz CT molecular complexity index is 549. The molecule has 1 aromatic carbocycles. The first-order valence-corrected chi connectivity index (χ1v) is 6.52. The molecule has 2 N–H and O–H groups in total. The van der Waals surface area contributed by atoms with Crippen LogP contribution in [0.3, 0.4) is 0 Å². The standard InChI is InChI=1S/C14H15FN2S/c1-9-5-10(2)17-14(6-9)18-13-4-3-12(15)7-11(13)8-16/h3-7H,8,16H2,1-2H3. The van der Waals surface area contributed by atoms with Crippen LogP contribution in [0, 0.1) is 19.7 Å². The summed E-state index contributed by atoms with van der Waals surface area (Å²) in [6.45, 7) is 4.32. The maximum atomic E-state index is 13.1. The summed E-state index contributed by atoms with van der Waals surface area (Å²) in [6.07, 6.45) is 0. The smallest absolute Gasteiger partial charge is 0.123 e. The van der Waals surface area contributed by atoms with Gasteiger partial charge in [-0.3, -0.25) is 0 Å². The van der Waals surface area contributed by atoms with Crippen molar-refractivity contribution >= 4 is 11.8 Å². The summed E-state index contributed by atoms with van der Waals surface area (Å²) in [5, 5.41) is 0.911. The molecule has 4 heteroatoms. The van der Waals surface area contributed by atoms with Gasteiger partial charge in [0.25, 0.3) is 0 Å². The van der Waals surface area contributed by atoms with Crippen LogP contribution in [0.2, 0.25) is 0 Å². The van der Waals surface area contributed by atoms with Crippen molar-refractivity contribution in [2.24, 2.45) is 5.73 Å². The van der Waals surface area contributed by atoms with Crippen LogP contribution in [-0.2, 0) is 6.54 Å². The maximum absolute atomic E-state index is 13.1. The first-order valence-electron chi connectivity index (χ1n) is 5.70. The second-order valence-electron chi connectivity index (χ2n) is 4.18. The summed E-state index contributed by atoms with van der Waals surface area (Å²) < 4.78 is 13.1. The van der Waals surface area contributed by atoms with Crippen molar-refractivity contribution in [2.45, 2.75) is 30.3 Å². The van der Waals surface area contributed by atoms with Crippen molar-refractivity contribution in [1.29, 1.82) is 0 Å². The number of benzene rings is 1. The molecular formula is C14H15FN2S. The summed E-state index contributed by atoms with van der Waals surface area (Å²) in [7, 11) is 0. The van der Waals surface area contributed by atoms with Gasteiger partial charge in [-0.25, -0.2) is 9.37 Å². The molecule has 0 aliphatic heterocycles. The van der Waals surface area contributed by atoms with Crippen LogP contribution >= 0.6 is 11.8 Å². The van der Waals surface area contributed by atoms with E-state index < -0.39 is 0 Å². The molecule has 1 heterocycles. The molecule has 0 amide bonds. The molecular weight excluding hydrogens is 247 g/mol. The summed E-state index contributed by atoms with van der Waals surface area (Å²) in [6, 6.07) is 8.72. The molecule has 2 nitrogen and oxygen atoms in total. The second kappa shape index (κ2) is 5.50. The summed E-state index contributed by atoms with van der Waals surface area (Å²) >= 11 is 1.52. The van der Waals surface area contributed by atoms with Crippen molar-refractivity contribution in [3.05, 3.63) is 53.0 Å². The van der Waals surface area contributed by atoms with Crippen LogP contribution in [-0.4, -0.2) is 4.98 Å². The van der Waals surface area contributed by atoms with Crippen molar-refractivity contribution in [3.8, 4) is 0 Å². The van der Waals surface area contributed by atoms with Gasteiger partial charge in [-0.1, -0.05) is 11.8 Å². The Labute approximate surface area is 110 Å². The lowest BCUT2D eigenvalue weighted by molar-refractivity contribution is 0.623. The van der Waals surface area contributed by atoms with Crippen LogP contribution in [0.5, 0.6) is 0 Å². The Balaban J connectivity index is 2.33. The predicted octanol–water partition coefficient (Wildman–Crippen LogP) is 3.45. The first-order chi connectivity index (χ1) is 8.58. The number of aromatic nitrogens is 1. The van der Waals surface area contributed by atoms with Crippen molar-refractivity contribution < 1.29 is 4.39 Å². The molecule has 2 aromatic rings. The second-order valence-corrected chi connectivity index (χ2v) is 5.24. The number of pyridine rings is 1. The minimum Gasteiger partial charge on any atom is -0.326 e. The predicted molar refractivity (Wildman–Crippen MR) is 72.1 cm³/mol. The maximum Gasteiger partial charge on any atom is 0.123 e. The van der Waals surface area contributed by atoms with E-state index in [0.29, 0.717) is 6.54 Å². The lowest BCUT2D eigenvalue weighted by atomic mass is 10.2. The quantitative estimate of drug-likeness (QED) is 0.920. The van der Waals surface area contributed by atoms with Gasteiger partial charge in [0.05, 0.1) is 0 Å². The van der Waals surface area contributed by atoms with E-state index in [1.54, 1.807) is 6.07 Å². The molecule has 1 aromatic heterocycles. The molecule has 0 aliphatic rings. The fraction of sp³-hybridized carbons (Fsp3) is 0.214. The van der Waals surface area contributed by atoms with Crippen LogP contribution in [0.15, 0.2) is 40.3 Å². The van der Waals surface area contributed by atoms with Gasteiger partial charge in [-0.2, -0.15) is 0 Å². The molecule has 0 radical (unpaired) electrons. The van der Waals surface area contributed by atoms with Gasteiger partial charge in [-0.15, -0.1) is 0 Å². The topological polar surface area (TPSA) is 38.9 Å². The number of halogens is 1. The number of rotatable bonds is 3. The number of nitrogens with two attached hydrogens (primary N) is 1. The van der Waals surface area contributed by atoms with Crippen molar-refractivity contribution in [3.63, 3.8) is 0 Å². The Hall–Kier alpha value is -1.39. The Morgan fingerprint density at radius 3 is 2.67 bits per heavy atom. The third-order valence-electron chi connectivity index (χ3n) is 2.53. The zero-order valence-corrected chi connectivity index (χ0v) is 11.2. The minimum atomic E-state index is -0.256. The lowest BCUT2D eigenvalue weighted by Crippen LogP contribution is -1.99. The number of nitrogens with zero attached hydrogens (tertiary/aromatic N) is 1. The van der Waals surface area contributed by atoms with Gasteiger partial charge in [0, 0.05) is 17.1 Å². The van der Waals surface area contributed by atoms with Gasteiger partial charge in [-0.05, 0) is 55.3 Å². The average molecular weight is 262 g/mol. The van der Waals surface area contributed by atoms with E-state index in [1.807, 2.05) is 26.0 Å². The normalized spacial score (nSPS) is 10.7. The zero-order valence-electron chi connectivity index (χ0n) is 10.4. The van der Waals surface area contributed by atoms with Gasteiger partial charge in [0.2, 0.25) is 0 Å². The van der Waals surface area contributed by atoms with E-state index in [9.17, 15) is 4.39 Å². The lowest BCUT2D eigenvalue weighted by Gasteiger charge is -2.08. The number of aryl methyl sites for hydroxylation is 2. The minimum absolute atomic E-state index is 0.256. The van der Waals surface area contributed by atoms with Crippen molar-refractivity contribution in [2.75, 3.05) is 0 Å².